The molecule has 1 atom stereocenters. The van der Waals surface area contributed by atoms with Gasteiger partial charge in [-0.2, -0.15) is 0 Å². The Balaban J connectivity index is 2.33. The number of hydrogen-bond acceptors (Lipinski definition) is 5. The van der Waals surface area contributed by atoms with Crippen LogP contribution in [-0.4, -0.2) is 21.1 Å². The number of hydrogen-bond donors (Lipinski definition) is 1. The van der Waals surface area contributed by atoms with Gasteiger partial charge in [0.05, 0.1) is 26.1 Å². The summed E-state index contributed by atoms with van der Waals surface area (Å²) in [6.45, 7) is -0.371. The first kappa shape index (κ1) is 10.3. The molecule has 1 aromatic carbocycles. The predicted octanol–water partition coefficient (Wildman–Crippen LogP) is 1.15. The van der Waals surface area contributed by atoms with Crippen LogP contribution in [0.4, 0.5) is 5.69 Å². The number of nitrogens with zero attached hydrogens (tertiary/aromatic N) is 2. The Morgan fingerprint density at radius 1 is 1.48 bits per heavy atom. The molecule has 1 aliphatic rings. The summed E-state index contributed by atoms with van der Waals surface area (Å²) in [5.74, 6) is -0.526. The van der Waals surface area contributed by atoms with Crippen LogP contribution in [0.15, 0.2) is 22.9 Å². The number of nitrogen functional groups attached to an aromatic ring is 1. The third kappa shape index (κ3) is 2.12. The van der Waals surface area contributed by atoms with Crippen molar-refractivity contribution in [1.29, 1.82) is 0 Å². The molecule has 0 aliphatic heterocycles. The number of carbonyl (C=O) groups excluding carboxylic acids is 2. The molecule has 1 unspecified atom stereocenters. The maximum absolute atomic E-state index is 12.9. The normalized spacial score (nSPS) is 21.1. The van der Waals surface area contributed by atoms with Gasteiger partial charge < -0.3 is 5.73 Å². The molecule has 0 radical (unpaired) electrons. The summed E-state index contributed by atoms with van der Waals surface area (Å²) < 4.78 is 24.3. The minimum absolute atomic E-state index is 0.00751. The van der Waals surface area contributed by atoms with Gasteiger partial charge in [0.25, 0.3) is 5.56 Å². The number of benzene rings is 1. The van der Waals surface area contributed by atoms with E-state index in [0.29, 0.717) is 0 Å². The zero-order valence-corrected chi connectivity index (χ0v) is 11.2. The van der Waals surface area contributed by atoms with E-state index in [9.17, 15) is 14.4 Å². The van der Waals surface area contributed by atoms with Crippen LogP contribution in [0, 0.1) is 6.90 Å². The summed E-state index contributed by atoms with van der Waals surface area (Å²) in [5, 5.41) is -0.0297. The van der Waals surface area contributed by atoms with E-state index in [-0.39, 0.29) is 72.2 Å². The van der Waals surface area contributed by atoms with Gasteiger partial charge in [-0.25, -0.2) is 4.98 Å². The third-order valence-electron chi connectivity index (χ3n) is 3.65. The van der Waals surface area contributed by atoms with Crippen molar-refractivity contribution >= 4 is 28.2 Å². The van der Waals surface area contributed by atoms with Crippen molar-refractivity contribution < 1.29 is 13.7 Å². The average molecular weight is 288 g/mol. The molecule has 6 nitrogen and oxygen atoms in total. The Kier molecular flexibility index (Phi) is 2.35. The summed E-state index contributed by atoms with van der Waals surface area (Å²) >= 11 is 0. The van der Waals surface area contributed by atoms with Gasteiger partial charge >= 0.3 is 0 Å². The lowest BCUT2D eigenvalue weighted by atomic mass is 9.92. The number of anilines is 1. The highest BCUT2D eigenvalue weighted by molar-refractivity contribution is 6.03. The molecule has 1 heterocycles. The molecular formula is C15H15N3O3. The second-order valence-electron chi connectivity index (χ2n) is 5.03. The van der Waals surface area contributed by atoms with E-state index >= 15 is 0 Å². The molecular weight excluding hydrogens is 270 g/mol. The first-order valence-electron chi connectivity index (χ1n) is 8.20. The maximum atomic E-state index is 12.9. The molecule has 0 bridgehead atoms. The lowest BCUT2D eigenvalue weighted by molar-refractivity contribution is -0.132. The van der Waals surface area contributed by atoms with Crippen LogP contribution in [0.25, 0.3) is 10.9 Å². The van der Waals surface area contributed by atoms with Gasteiger partial charge in [-0.15, -0.1) is 0 Å². The molecule has 1 aliphatic carbocycles. The Morgan fingerprint density at radius 2 is 2.29 bits per heavy atom. The first-order chi connectivity index (χ1) is 11.3. The molecule has 108 valence electrons. The summed E-state index contributed by atoms with van der Waals surface area (Å²) in [5.41, 5.74) is 5.19. The van der Waals surface area contributed by atoms with Crippen LogP contribution in [0.1, 0.15) is 35.2 Å². The van der Waals surface area contributed by atoms with Crippen molar-refractivity contribution in [2.45, 2.75) is 32.2 Å². The Labute approximate surface area is 124 Å². The van der Waals surface area contributed by atoms with Crippen molar-refractivity contribution in [2.24, 2.45) is 0 Å². The topological polar surface area (TPSA) is 95.0 Å². The number of ketones is 2. The maximum Gasteiger partial charge on any atom is 0.264 e. The smallest absolute Gasteiger partial charge is 0.264 e. The second kappa shape index (κ2) is 4.80. The van der Waals surface area contributed by atoms with Crippen LogP contribution < -0.4 is 11.3 Å². The van der Waals surface area contributed by atoms with Crippen LogP contribution in [0.5, 0.6) is 0 Å². The lowest BCUT2D eigenvalue weighted by Gasteiger charge is -2.24. The Morgan fingerprint density at radius 3 is 3.00 bits per heavy atom. The molecule has 1 saturated carbocycles. The zero-order valence-electron chi connectivity index (χ0n) is 14.2. The largest absolute Gasteiger partial charge is 0.398 e. The molecule has 21 heavy (non-hydrogen) atoms. The van der Waals surface area contributed by atoms with Gasteiger partial charge in [0, 0.05) is 13.5 Å². The van der Waals surface area contributed by atoms with Gasteiger partial charge in [-0.3, -0.25) is 19.0 Å². The fourth-order valence-electron chi connectivity index (χ4n) is 2.64. The van der Waals surface area contributed by atoms with Gasteiger partial charge in [0.2, 0.25) is 0 Å². The number of fused-ring (bicyclic) bond motifs is 1. The van der Waals surface area contributed by atoms with Crippen molar-refractivity contribution in [2.75, 3.05) is 5.73 Å². The van der Waals surface area contributed by atoms with E-state index < -0.39 is 11.6 Å². The fourth-order valence-corrected chi connectivity index (χ4v) is 2.64. The molecule has 6 heteroatoms. The molecule has 1 aromatic heterocycles. The summed E-state index contributed by atoms with van der Waals surface area (Å²) in [4.78, 5) is 40.7. The Bertz CT molecular complexity index is 939. The van der Waals surface area contributed by atoms with Crippen molar-refractivity contribution in [3.05, 3.63) is 34.3 Å². The quantitative estimate of drug-likeness (QED) is 0.627. The SMILES string of the molecule is [2H]Cc1nc2c([2H])c([2H])cc(N)c2c(=O)n1C1CCC(=O)CC1=O. The predicted molar refractivity (Wildman–Crippen MR) is 78.1 cm³/mol. The minimum Gasteiger partial charge on any atom is -0.398 e. The molecule has 0 spiro atoms. The molecule has 0 amide bonds. The van der Waals surface area contributed by atoms with E-state index in [0.717, 1.165) is 4.57 Å². The molecule has 3 rings (SSSR count). The highest BCUT2D eigenvalue weighted by Gasteiger charge is 2.30. The van der Waals surface area contributed by atoms with Crippen LogP contribution >= 0.6 is 0 Å². The van der Waals surface area contributed by atoms with E-state index in [1.54, 1.807) is 0 Å². The fraction of sp³-hybridized carbons (Fsp3) is 0.333. The number of rotatable bonds is 1. The second-order valence-corrected chi connectivity index (χ2v) is 5.03. The van der Waals surface area contributed by atoms with Crippen LogP contribution in [0.2, 0.25) is 0 Å². The molecule has 2 aromatic rings. The summed E-state index contributed by atoms with van der Waals surface area (Å²) in [6, 6.07) is -0.0649. The highest BCUT2D eigenvalue weighted by Crippen LogP contribution is 2.24. The van der Waals surface area contributed by atoms with Crippen LogP contribution in [-0.2, 0) is 9.59 Å². The number of Topliss-reactive ketones (excluding diaryl/α,β-unsaturated/α-hetero) is 2. The molecule has 1 fully saturated rings. The Hall–Kier alpha value is -2.50. The van der Waals surface area contributed by atoms with Crippen molar-refractivity contribution in [1.82, 2.24) is 9.55 Å². The van der Waals surface area contributed by atoms with Gasteiger partial charge in [0.15, 0.2) is 5.78 Å². The number of nitrogens with two attached hydrogens (primary N) is 1. The van der Waals surface area contributed by atoms with Gasteiger partial charge in [-0.05, 0) is 25.4 Å². The minimum atomic E-state index is -0.850. The van der Waals surface area contributed by atoms with Crippen molar-refractivity contribution in [3.8, 4) is 0 Å². The van der Waals surface area contributed by atoms with Gasteiger partial charge in [-0.1, -0.05) is 6.04 Å². The van der Waals surface area contributed by atoms with Gasteiger partial charge in [0.1, 0.15) is 11.6 Å². The number of aryl methyl sites for hydroxylation is 1. The summed E-state index contributed by atoms with van der Waals surface area (Å²) in [6.07, 6.45) is 0.127. The van der Waals surface area contributed by atoms with Crippen molar-refractivity contribution in [3.63, 3.8) is 0 Å². The third-order valence-corrected chi connectivity index (χ3v) is 3.65. The lowest BCUT2D eigenvalue weighted by Crippen LogP contribution is -2.36. The standard InChI is InChI=1S/C15H15N3O3/c1-8-17-11-4-2-3-10(16)14(11)15(21)18(8)12-6-5-9(19)7-13(12)20/h2-4,12H,5-7,16H2,1H3/i1D,2D,4D. The molecule has 0 saturated heterocycles. The first-order valence-corrected chi connectivity index (χ1v) is 6.49. The molecule has 2 N–H and O–H groups in total. The van der Waals surface area contributed by atoms with E-state index in [1.807, 2.05) is 0 Å². The van der Waals surface area contributed by atoms with E-state index in [1.165, 1.54) is 6.07 Å². The summed E-state index contributed by atoms with van der Waals surface area (Å²) in [7, 11) is 0. The zero-order chi connectivity index (χ0) is 17.6. The van der Waals surface area contributed by atoms with E-state index in [2.05, 4.69) is 4.98 Å². The van der Waals surface area contributed by atoms with E-state index in [4.69, 9.17) is 9.85 Å². The monoisotopic (exact) mass is 288 g/mol. The van der Waals surface area contributed by atoms with Crippen LogP contribution in [0.3, 0.4) is 0 Å². The average Bonchev–Trinajstić information content (AvgIpc) is 2.52. The number of aromatic nitrogens is 2. The number of carbonyl (C=O) groups is 2. The highest BCUT2D eigenvalue weighted by atomic mass is 16.2.